The maximum Gasteiger partial charge on any atom is 0.248 e. The van der Waals surface area contributed by atoms with Gasteiger partial charge in [-0.05, 0) is 18.9 Å². The quantitative estimate of drug-likeness (QED) is 0.243. The fourth-order valence-corrected chi connectivity index (χ4v) is 5.17. The van der Waals surface area contributed by atoms with E-state index in [9.17, 15) is 34.2 Å². The largest absolute Gasteiger partial charge is 0.394 e. The van der Waals surface area contributed by atoms with Gasteiger partial charge >= 0.3 is 0 Å². The molecule has 1 aromatic rings. The van der Waals surface area contributed by atoms with Crippen LogP contribution < -0.4 is 21.3 Å². The number of rotatable bonds is 4. The van der Waals surface area contributed by atoms with Crippen molar-refractivity contribution in [1.82, 2.24) is 26.2 Å². The Morgan fingerprint density at radius 3 is 2.15 bits per heavy atom. The minimum Gasteiger partial charge on any atom is -0.394 e. The lowest BCUT2D eigenvalue weighted by molar-refractivity contribution is -0.144. The summed E-state index contributed by atoms with van der Waals surface area (Å²) in [6.07, 6.45) is -1.57. The number of hydrogen-bond acceptors (Lipinski definition) is 7. The van der Waals surface area contributed by atoms with E-state index in [1.54, 1.807) is 37.3 Å². The number of fused-ring (bicyclic) bond motifs is 1. The van der Waals surface area contributed by atoms with Crippen molar-refractivity contribution in [1.29, 1.82) is 0 Å². The van der Waals surface area contributed by atoms with Crippen LogP contribution in [0.2, 0.25) is 0 Å². The second kappa shape index (κ2) is 13.4. The van der Waals surface area contributed by atoms with Crippen LogP contribution in [-0.4, -0.2) is 98.8 Å². The third kappa shape index (κ3) is 7.18. The summed E-state index contributed by atoms with van der Waals surface area (Å²) in [5, 5.41) is 28.5. The molecule has 214 valence electrons. The van der Waals surface area contributed by atoms with Gasteiger partial charge in [-0.15, -0.1) is 23.2 Å². The fourth-order valence-electron chi connectivity index (χ4n) is 4.56. The first kappa shape index (κ1) is 30.6. The molecule has 0 saturated carbocycles. The van der Waals surface area contributed by atoms with Crippen LogP contribution in [0.5, 0.6) is 0 Å². The summed E-state index contributed by atoms with van der Waals surface area (Å²) in [4.78, 5) is 67.0. The third-order valence-electron chi connectivity index (χ3n) is 6.74. The first-order chi connectivity index (χ1) is 18.5. The molecule has 0 aromatic heterocycles. The van der Waals surface area contributed by atoms with Crippen LogP contribution in [0.1, 0.15) is 38.3 Å². The molecule has 3 rings (SSSR count). The van der Waals surface area contributed by atoms with E-state index in [2.05, 4.69) is 21.3 Å². The average molecular weight is 586 g/mol. The highest BCUT2D eigenvalue weighted by Crippen LogP contribution is 2.29. The van der Waals surface area contributed by atoms with Crippen LogP contribution in [0, 0.1) is 0 Å². The van der Waals surface area contributed by atoms with Crippen molar-refractivity contribution in [2.24, 2.45) is 0 Å². The van der Waals surface area contributed by atoms with Crippen molar-refractivity contribution in [3.63, 3.8) is 0 Å². The minimum absolute atomic E-state index is 0.119. The Balaban J connectivity index is 2.03. The zero-order valence-electron chi connectivity index (χ0n) is 21.5. The number of carbonyl (C=O) groups excluding carboxylic acids is 5. The highest BCUT2D eigenvalue weighted by atomic mass is 35.5. The lowest BCUT2D eigenvalue weighted by Crippen LogP contribution is -2.61. The van der Waals surface area contributed by atoms with Gasteiger partial charge in [0.2, 0.25) is 29.5 Å². The summed E-state index contributed by atoms with van der Waals surface area (Å²) >= 11 is 12.7. The summed E-state index contributed by atoms with van der Waals surface area (Å²) in [5.41, 5.74) is 0.554. The smallest absolute Gasteiger partial charge is 0.248 e. The molecule has 0 bridgehead atoms. The Morgan fingerprint density at radius 2 is 1.56 bits per heavy atom. The van der Waals surface area contributed by atoms with Crippen molar-refractivity contribution in [3.05, 3.63) is 35.9 Å². The Morgan fingerprint density at radius 1 is 0.949 bits per heavy atom. The van der Waals surface area contributed by atoms with E-state index in [-0.39, 0.29) is 19.4 Å². The molecule has 14 heteroatoms. The Kier molecular flexibility index (Phi) is 10.5. The molecule has 2 saturated heterocycles. The predicted octanol–water partition coefficient (Wildman–Crippen LogP) is -1.09. The number of alkyl halides is 2. The average Bonchev–Trinajstić information content (AvgIpc) is 3.21. The van der Waals surface area contributed by atoms with Crippen LogP contribution in [-0.2, 0) is 24.0 Å². The normalized spacial score (nSPS) is 32.0. The molecular weight excluding hydrogens is 553 g/mol. The van der Waals surface area contributed by atoms with Crippen LogP contribution in [0.3, 0.4) is 0 Å². The zero-order chi connectivity index (χ0) is 28.9. The first-order valence-corrected chi connectivity index (χ1v) is 13.5. The molecule has 5 amide bonds. The highest BCUT2D eigenvalue weighted by molar-refractivity contribution is 6.32. The monoisotopic (exact) mass is 585 g/mol. The number of benzene rings is 1. The van der Waals surface area contributed by atoms with Crippen molar-refractivity contribution in [2.75, 3.05) is 13.2 Å². The summed E-state index contributed by atoms with van der Waals surface area (Å²) in [7, 11) is 0. The molecule has 6 N–H and O–H groups in total. The molecule has 12 nitrogen and oxygen atoms in total. The van der Waals surface area contributed by atoms with Crippen LogP contribution in [0.25, 0.3) is 0 Å². The van der Waals surface area contributed by atoms with E-state index in [0.717, 1.165) is 4.90 Å². The van der Waals surface area contributed by atoms with Gasteiger partial charge in [0.1, 0.15) is 24.2 Å². The summed E-state index contributed by atoms with van der Waals surface area (Å²) < 4.78 is 0. The van der Waals surface area contributed by atoms with Gasteiger partial charge in [-0.25, -0.2) is 0 Å². The number of carbonyl (C=O) groups is 5. The van der Waals surface area contributed by atoms with Crippen molar-refractivity contribution >= 4 is 52.7 Å². The highest BCUT2D eigenvalue weighted by Gasteiger charge is 2.49. The second-order valence-corrected chi connectivity index (χ2v) is 10.6. The summed E-state index contributed by atoms with van der Waals surface area (Å²) in [6.45, 7) is 2.05. The SMILES string of the molecule is CC[C@H]1NC(=O)[C@@H]2[C@@H](Cl)[C@H](Cl)CN2C(=O)[C@H]([C@@H](C)O)NC(=O)C[C@@H](c2ccccc2)NC(=O)[C@H](CO)NC1=O. The molecule has 0 spiro atoms. The van der Waals surface area contributed by atoms with Crippen LogP contribution in [0.4, 0.5) is 0 Å². The van der Waals surface area contributed by atoms with Crippen LogP contribution in [0.15, 0.2) is 30.3 Å². The van der Waals surface area contributed by atoms with Gasteiger partial charge in [0, 0.05) is 6.54 Å². The van der Waals surface area contributed by atoms with Gasteiger partial charge in [0.15, 0.2) is 0 Å². The van der Waals surface area contributed by atoms with Gasteiger partial charge < -0.3 is 36.4 Å². The summed E-state index contributed by atoms with van der Waals surface area (Å²) in [5.74, 6) is -3.75. The van der Waals surface area contributed by atoms with Crippen LogP contribution >= 0.6 is 23.2 Å². The number of aliphatic hydroxyl groups excluding tert-OH is 2. The number of halogens is 2. The van der Waals surface area contributed by atoms with Gasteiger partial charge in [-0.2, -0.15) is 0 Å². The van der Waals surface area contributed by atoms with E-state index >= 15 is 0 Å². The number of hydrogen-bond donors (Lipinski definition) is 6. The molecule has 0 aliphatic carbocycles. The molecule has 2 fully saturated rings. The fraction of sp³-hybridized carbons (Fsp3) is 0.560. The minimum atomic E-state index is -1.45. The third-order valence-corrected chi connectivity index (χ3v) is 7.82. The van der Waals surface area contributed by atoms with Gasteiger partial charge in [0.05, 0.1) is 35.9 Å². The van der Waals surface area contributed by atoms with E-state index in [1.807, 2.05) is 0 Å². The number of aliphatic hydroxyl groups is 2. The Labute approximate surface area is 235 Å². The molecule has 8 atom stereocenters. The Hall–Kier alpha value is -2.93. The van der Waals surface area contributed by atoms with E-state index in [0.29, 0.717) is 5.56 Å². The van der Waals surface area contributed by atoms with Crippen molar-refractivity contribution in [2.45, 2.75) is 73.8 Å². The number of amides is 5. The Bertz CT molecular complexity index is 1080. The summed E-state index contributed by atoms with van der Waals surface area (Å²) in [6, 6.07) is 2.37. The topological polar surface area (TPSA) is 177 Å². The molecular formula is C25H33Cl2N5O7. The van der Waals surface area contributed by atoms with E-state index in [4.69, 9.17) is 23.2 Å². The first-order valence-electron chi connectivity index (χ1n) is 12.6. The van der Waals surface area contributed by atoms with E-state index in [1.165, 1.54) is 6.92 Å². The van der Waals surface area contributed by atoms with Gasteiger partial charge in [0.25, 0.3) is 0 Å². The molecule has 2 aliphatic rings. The molecule has 0 unspecified atom stereocenters. The number of nitrogens with zero attached hydrogens (tertiary/aromatic N) is 1. The number of nitrogens with one attached hydrogen (secondary N) is 4. The molecule has 2 aliphatic heterocycles. The second-order valence-electron chi connectivity index (χ2n) is 9.57. The molecule has 2 heterocycles. The van der Waals surface area contributed by atoms with Crippen molar-refractivity contribution in [3.8, 4) is 0 Å². The maximum atomic E-state index is 13.5. The van der Waals surface area contributed by atoms with Gasteiger partial charge in [-0.3, -0.25) is 24.0 Å². The standard InChI is InChI=1S/C25H33Cl2N5O7/c1-3-15-22(36)30-17(11-33)23(37)29-16(13-7-5-4-6-8-13)9-18(35)31-20(12(2)34)25(39)32-10-14(26)19(27)21(32)24(38)28-15/h4-8,12,14-17,19-21,33-34H,3,9-11H2,1-2H3,(H,28,38)(H,29,37)(H,30,36)(H,31,35)/t12-,14-,15-,16+,17+,19+,20+,21+/m1/s1. The lowest BCUT2D eigenvalue weighted by atomic mass is 10.0. The maximum absolute atomic E-state index is 13.5. The zero-order valence-corrected chi connectivity index (χ0v) is 23.0. The molecule has 0 radical (unpaired) electrons. The predicted molar refractivity (Wildman–Crippen MR) is 142 cm³/mol. The molecule has 39 heavy (non-hydrogen) atoms. The van der Waals surface area contributed by atoms with Gasteiger partial charge in [-0.1, -0.05) is 37.3 Å². The lowest BCUT2D eigenvalue weighted by Gasteiger charge is -2.32. The van der Waals surface area contributed by atoms with E-state index < -0.39 is 83.2 Å². The molecule has 1 aromatic carbocycles. The van der Waals surface area contributed by atoms with Crippen molar-refractivity contribution < 1.29 is 34.2 Å².